The predicted octanol–water partition coefficient (Wildman–Crippen LogP) is 2.96. The number of benzene rings is 2. The van der Waals surface area contributed by atoms with Crippen molar-refractivity contribution in [3.63, 3.8) is 0 Å². The molecule has 27 heavy (non-hydrogen) atoms. The van der Waals surface area contributed by atoms with E-state index in [2.05, 4.69) is 4.72 Å². The minimum Gasteiger partial charge on any atom is -0.488 e. The Morgan fingerprint density at radius 2 is 1.96 bits per heavy atom. The van der Waals surface area contributed by atoms with Crippen LogP contribution in [-0.2, 0) is 16.4 Å². The van der Waals surface area contributed by atoms with Gasteiger partial charge in [-0.15, -0.1) is 0 Å². The van der Waals surface area contributed by atoms with Gasteiger partial charge in [0, 0.05) is 24.1 Å². The first-order valence-corrected chi connectivity index (χ1v) is 10.2. The van der Waals surface area contributed by atoms with Gasteiger partial charge >= 0.3 is 0 Å². The van der Waals surface area contributed by atoms with Gasteiger partial charge < -0.3 is 9.47 Å². The van der Waals surface area contributed by atoms with Gasteiger partial charge in [0.15, 0.2) is 17.3 Å². The number of ether oxygens (including phenoxy) is 2. The van der Waals surface area contributed by atoms with Gasteiger partial charge in [0.1, 0.15) is 12.2 Å². The lowest BCUT2D eigenvalue weighted by atomic mass is 10.0. The fraction of sp³-hybridized carbons (Fsp3) is 0.350. The molecule has 0 aromatic heterocycles. The van der Waals surface area contributed by atoms with Crippen LogP contribution in [0, 0.1) is 0 Å². The summed E-state index contributed by atoms with van der Waals surface area (Å²) in [6, 6.07) is 11.7. The van der Waals surface area contributed by atoms with Gasteiger partial charge in [-0.05, 0) is 39.0 Å². The maximum absolute atomic E-state index is 12.4. The van der Waals surface area contributed by atoms with Crippen LogP contribution in [0.4, 0.5) is 0 Å². The molecule has 2 aromatic rings. The van der Waals surface area contributed by atoms with Gasteiger partial charge in [-0.1, -0.05) is 24.3 Å². The highest BCUT2D eigenvalue weighted by molar-refractivity contribution is 7.89. The van der Waals surface area contributed by atoms with Gasteiger partial charge in [0.2, 0.25) is 10.0 Å². The van der Waals surface area contributed by atoms with Gasteiger partial charge in [-0.25, -0.2) is 13.1 Å². The molecule has 1 aliphatic rings. The molecule has 0 bridgehead atoms. The number of nitrogens with one attached hydrogen (secondary N) is 1. The first-order valence-electron chi connectivity index (χ1n) is 8.72. The fourth-order valence-electron chi connectivity index (χ4n) is 3.00. The Balaban J connectivity index is 1.61. The van der Waals surface area contributed by atoms with E-state index in [1.165, 1.54) is 19.1 Å². The van der Waals surface area contributed by atoms with Crippen molar-refractivity contribution >= 4 is 15.8 Å². The topological polar surface area (TPSA) is 81.7 Å². The standard InChI is InChI=1S/C20H23NO5S/c1-14(22)15-6-4-8-17(12-15)27(23,24)21-10-11-25-18-9-5-7-16-13-20(2,3)26-19(16)18/h4-9,12,21H,10-11,13H2,1-3H3. The van der Waals surface area contributed by atoms with Gasteiger partial charge in [-0.3, -0.25) is 4.79 Å². The second-order valence-electron chi connectivity index (χ2n) is 7.11. The summed E-state index contributed by atoms with van der Waals surface area (Å²) in [5.74, 6) is 1.15. The molecule has 0 amide bonds. The SMILES string of the molecule is CC(=O)c1cccc(S(=O)(=O)NCCOc2cccc3c2OC(C)(C)C3)c1. The summed E-state index contributed by atoms with van der Waals surface area (Å²) in [5.41, 5.74) is 1.17. The lowest BCUT2D eigenvalue weighted by Gasteiger charge is -2.18. The molecule has 0 radical (unpaired) electrons. The molecule has 0 aliphatic carbocycles. The van der Waals surface area contributed by atoms with Crippen LogP contribution in [0.25, 0.3) is 0 Å². The first kappa shape index (κ1) is 19.4. The lowest BCUT2D eigenvalue weighted by Crippen LogP contribution is -2.28. The van der Waals surface area contributed by atoms with E-state index in [9.17, 15) is 13.2 Å². The van der Waals surface area contributed by atoms with Crippen LogP contribution in [-0.4, -0.2) is 33.0 Å². The average molecular weight is 389 g/mol. The van der Waals surface area contributed by atoms with E-state index in [1.807, 2.05) is 32.0 Å². The normalized spacial score (nSPS) is 15.1. The van der Waals surface area contributed by atoms with Crippen LogP contribution in [0.15, 0.2) is 47.4 Å². The van der Waals surface area contributed by atoms with E-state index < -0.39 is 10.0 Å². The zero-order valence-corrected chi connectivity index (χ0v) is 16.4. The van der Waals surface area contributed by atoms with E-state index in [0.717, 1.165) is 17.7 Å². The number of hydrogen-bond acceptors (Lipinski definition) is 5. The Bertz CT molecular complexity index is 966. The molecule has 1 aliphatic heterocycles. The third kappa shape index (κ3) is 4.48. The largest absolute Gasteiger partial charge is 0.488 e. The van der Waals surface area contributed by atoms with Crippen molar-refractivity contribution in [2.75, 3.05) is 13.2 Å². The number of Topliss-reactive ketones (excluding diaryl/α,β-unsaturated/α-hetero) is 1. The van der Waals surface area contributed by atoms with Gasteiger partial charge in [0.05, 0.1) is 4.90 Å². The molecule has 7 heteroatoms. The van der Waals surface area contributed by atoms with Crippen LogP contribution in [0.5, 0.6) is 11.5 Å². The summed E-state index contributed by atoms with van der Waals surface area (Å²) < 4.78 is 38.9. The molecule has 3 rings (SSSR count). The molecule has 0 unspecified atom stereocenters. The number of sulfonamides is 1. The van der Waals surface area contributed by atoms with E-state index in [-0.39, 0.29) is 29.4 Å². The predicted molar refractivity (Wildman–Crippen MR) is 102 cm³/mol. The molecule has 144 valence electrons. The number of carbonyl (C=O) groups is 1. The van der Waals surface area contributed by atoms with E-state index >= 15 is 0 Å². The summed E-state index contributed by atoms with van der Waals surface area (Å²) in [5, 5.41) is 0. The van der Waals surface area contributed by atoms with Crippen LogP contribution < -0.4 is 14.2 Å². The fourth-order valence-corrected chi connectivity index (χ4v) is 4.06. The molecular formula is C20H23NO5S. The Kier molecular flexibility index (Phi) is 5.26. The van der Waals surface area contributed by atoms with Crippen LogP contribution >= 0.6 is 0 Å². The van der Waals surface area contributed by atoms with Crippen LogP contribution in [0.3, 0.4) is 0 Å². The molecule has 0 saturated carbocycles. The molecule has 0 fully saturated rings. The second-order valence-corrected chi connectivity index (χ2v) is 8.88. The van der Waals surface area contributed by atoms with Gasteiger partial charge in [-0.2, -0.15) is 0 Å². The van der Waals surface area contributed by atoms with Crippen molar-refractivity contribution in [1.29, 1.82) is 0 Å². The molecule has 1 heterocycles. The zero-order chi connectivity index (χ0) is 19.7. The Hall–Kier alpha value is -2.38. The number of hydrogen-bond donors (Lipinski definition) is 1. The molecule has 0 atom stereocenters. The molecular weight excluding hydrogens is 366 g/mol. The van der Waals surface area contributed by atoms with Crippen molar-refractivity contribution in [2.45, 2.75) is 37.7 Å². The van der Waals surface area contributed by atoms with E-state index in [4.69, 9.17) is 9.47 Å². The summed E-state index contributed by atoms with van der Waals surface area (Å²) >= 11 is 0. The highest BCUT2D eigenvalue weighted by atomic mass is 32.2. The summed E-state index contributed by atoms with van der Waals surface area (Å²) in [4.78, 5) is 11.5. The maximum atomic E-state index is 12.4. The van der Waals surface area contributed by atoms with Crippen molar-refractivity contribution in [1.82, 2.24) is 4.72 Å². The zero-order valence-electron chi connectivity index (χ0n) is 15.6. The second kappa shape index (κ2) is 7.32. The molecule has 0 saturated heterocycles. The number of ketones is 1. The monoisotopic (exact) mass is 389 g/mol. The minimum absolute atomic E-state index is 0.0564. The van der Waals surface area contributed by atoms with E-state index in [0.29, 0.717) is 11.3 Å². The Morgan fingerprint density at radius 3 is 2.70 bits per heavy atom. The van der Waals surface area contributed by atoms with Crippen molar-refractivity contribution < 1.29 is 22.7 Å². The number of rotatable bonds is 7. The molecule has 6 nitrogen and oxygen atoms in total. The smallest absolute Gasteiger partial charge is 0.240 e. The first-order chi connectivity index (χ1) is 12.7. The number of para-hydroxylation sites is 1. The van der Waals surface area contributed by atoms with Crippen LogP contribution in [0.2, 0.25) is 0 Å². The third-order valence-electron chi connectivity index (χ3n) is 4.26. The lowest BCUT2D eigenvalue weighted by molar-refractivity contribution is 0.101. The van der Waals surface area contributed by atoms with Crippen LogP contribution in [0.1, 0.15) is 36.7 Å². The molecule has 0 spiro atoms. The summed E-state index contributed by atoms with van der Waals surface area (Å²) in [7, 11) is -3.71. The molecule has 1 N–H and O–H groups in total. The highest BCUT2D eigenvalue weighted by Gasteiger charge is 2.32. The minimum atomic E-state index is -3.71. The Labute approximate surface area is 159 Å². The Morgan fingerprint density at radius 1 is 1.22 bits per heavy atom. The van der Waals surface area contributed by atoms with Crippen molar-refractivity contribution in [3.05, 3.63) is 53.6 Å². The van der Waals surface area contributed by atoms with E-state index in [1.54, 1.807) is 12.1 Å². The number of fused-ring (bicyclic) bond motifs is 1. The summed E-state index contributed by atoms with van der Waals surface area (Å²) in [6.45, 7) is 5.68. The van der Waals surface area contributed by atoms with Crippen molar-refractivity contribution in [2.24, 2.45) is 0 Å². The van der Waals surface area contributed by atoms with Crippen molar-refractivity contribution in [3.8, 4) is 11.5 Å². The highest BCUT2D eigenvalue weighted by Crippen LogP contribution is 2.41. The average Bonchev–Trinajstić information content (AvgIpc) is 2.93. The summed E-state index contributed by atoms with van der Waals surface area (Å²) in [6.07, 6.45) is 0.804. The third-order valence-corrected chi connectivity index (χ3v) is 5.72. The quantitative estimate of drug-likeness (QED) is 0.582. The molecule has 2 aromatic carbocycles. The number of carbonyl (C=O) groups excluding carboxylic acids is 1. The van der Waals surface area contributed by atoms with Gasteiger partial charge in [0.25, 0.3) is 0 Å². The maximum Gasteiger partial charge on any atom is 0.240 e.